The van der Waals surface area contributed by atoms with Gasteiger partial charge in [0.25, 0.3) is 11.5 Å². The van der Waals surface area contributed by atoms with Gasteiger partial charge >= 0.3 is 0 Å². The molecule has 1 aliphatic heterocycles. The van der Waals surface area contributed by atoms with Gasteiger partial charge in [0.15, 0.2) is 11.8 Å². The minimum Gasteiger partial charge on any atom is -0.484 e. The van der Waals surface area contributed by atoms with E-state index >= 15 is 0 Å². The van der Waals surface area contributed by atoms with E-state index in [-0.39, 0.29) is 36.1 Å². The summed E-state index contributed by atoms with van der Waals surface area (Å²) in [5, 5.41) is 3.04. The lowest BCUT2D eigenvalue weighted by molar-refractivity contribution is -0.120. The van der Waals surface area contributed by atoms with Crippen LogP contribution in [-0.4, -0.2) is 28.4 Å². The Morgan fingerprint density at radius 2 is 1.88 bits per heavy atom. The summed E-state index contributed by atoms with van der Waals surface area (Å²) in [4.78, 5) is 43.2. The highest BCUT2D eigenvalue weighted by Crippen LogP contribution is 2.35. The van der Waals surface area contributed by atoms with Crippen LogP contribution in [-0.2, 0) is 15.3 Å². The van der Waals surface area contributed by atoms with Crippen LogP contribution in [0.2, 0.25) is 0 Å². The lowest BCUT2D eigenvalue weighted by Crippen LogP contribution is -2.31. The number of carbonyl (C=O) groups is 2. The van der Waals surface area contributed by atoms with Gasteiger partial charge in [-0.1, -0.05) is 36.0 Å². The normalized spacial score (nSPS) is 15.0. The Hall–Kier alpha value is -3.66. The number of hydrogen-bond donors (Lipinski definition) is 3. The summed E-state index contributed by atoms with van der Waals surface area (Å²) < 4.78 is 18.3. The number of nitrogens with one attached hydrogen (secondary N) is 2. The maximum atomic E-state index is 13.1. The second-order valence-corrected chi connectivity index (χ2v) is 8.14. The molecule has 3 aromatic rings. The molecule has 2 heterocycles. The number of aromatic nitrogens is 2. The van der Waals surface area contributed by atoms with Crippen LogP contribution in [0.4, 0.5) is 10.2 Å². The predicted molar refractivity (Wildman–Crippen MR) is 117 cm³/mol. The average Bonchev–Trinajstić information content (AvgIpc) is 2.77. The summed E-state index contributed by atoms with van der Waals surface area (Å²) in [6, 6.07) is 12.8. The van der Waals surface area contributed by atoms with Crippen molar-refractivity contribution in [1.29, 1.82) is 0 Å². The third-order valence-corrected chi connectivity index (χ3v) is 5.83. The van der Waals surface area contributed by atoms with Crippen molar-refractivity contribution in [3.05, 3.63) is 81.4 Å². The van der Waals surface area contributed by atoms with Crippen LogP contribution in [0.1, 0.15) is 29.0 Å². The van der Waals surface area contributed by atoms with Crippen molar-refractivity contribution < 1.29 is 18.7 Å². The third-order valence-electron chi connectivity index (χ3n) is 4.88. The molecule has 10 heteroatoms. The lowest BCUT2D eigenvalue weighted by atomic mass is 9.87. The van der Waals surface area contributed by atoms with Gasteiger partial charge in [-0.2, -0.15) is 0 Å². The Labute approximate surface area is 186 Å². The van der Waals surface area contributed by atoms with Gasteiger partial charge in [-0.25, -0.2) is 9.37 Å². The monoisotopic (exact) mass is 454 g/mol. The number of H-pyrrole nitrogens is 1. The highest BCUT2D eigenvalue weighted by Gasteiger charge is 2.31. The molecule has 32 heavy (non-hydrogen) atoms. The number of rotatable bonds is 7. The van der Waals surface area contributed by atoms with Crippen LogP contribution in [0.3, 0.4) is 0 Å². The summed E-state index contributed by atoms with van der Waals surface area (Å²) in [5.41, 5.74) is 6.73. The van der Waals surface area contributed by atoms with Crippen LogP contribution in [0.25, 0.3) is 0 Å². The number of fused-ring (bicyclic) bond motifs is 1. The summed E-state index contributed by atoms with van der Waals surface area (Å²) in [7, 11) is 0. The van der Waals surface area contributed by atoms with E-state index in [0.29, 0.717) is 22.2 Å². The second-order valence-electron chi connectivity index (χ2n) is 7.18. The number of anilines is 1. The largest absolute Gasteiger partial charge is 0.484 e. The molecule has 1 aliphatic rings. The molecule has 0 aliphatic carbocycles. The first-order valence-electron chi connectivity index (χ1n) is 9.71. The van der Waals surface area contributed by atoms with Crippen molar-refractivity contribution in [2.75, 3.05) is 11.9 Å². The van der Waals surface area contributed by atoms with Gasteiger partial charge in [-0.3, -0.25) is 14.4 Å². The van der Waals surface area contributed by atoms with E-state index in [4.69, 9.17) is 10.5 Å². The zero-order valence-electron chi connectivity index (χ0n) is 16.8. The van der Waals surface area contributed by atoms with Crippen molar-refractivity contribution in [3.63, 3.8) is 0 Å². The number of aromatic amines is 1. The van der Waals surface area contributed by atoms with E-state index in [1.54, 1.807) is 36.4 Å². The van der Waals surface area contributed by atoms with Gasteiger partial charge < -0.3 is 20.8 Å². The Morgan fingerprint density at radius 3 is 2.56 bits per heavy atom. The van der Waals surface area contributed by atoms with Crippen molar-refractivity contribution in [2.24, 2.45) is 5.73 Å². The van der Waals surface area contributed by atoms with Gasteiger partial charge in [0, 0.05) is 18.1 Å². The molecular formula is C22H19FN4O4S. The molecule has 1 atom stereocenters. The smallest absolute Gasteiger partial charge is 0.257 e. The number of carbonyl (C=O) groups excluding carboxylic acids is 2. The molecule has 2 amide bonds. The molecule has 1 aromatic heterocycles. The molecule has 1 unspecified atom stereocenters. The molecule has 0 spiro atoms. The zero-order valence-corrected chi connectivity index (χ0v) is 17.6. The molecular weight excluding hydrogens is 435 g/mol. The van der Waals surface area contributed by atoms with Gasteiger partial charge in [0.2, 0.25) is 5.91 Å². The van der Waals surface area contributed by atoms with Crippen LogP contribution in [0.5, 0.6) is 5.75 Å². The van der Waals surface area contributed by atoms with E-state index in [1.165, 1.54) is 23.9 Å². The lowest BCUT2D eigenvalue weighted by Gasteiger charge is -2.24. The van der Waals surface area contributed by atoms with E-state index < -0.39 is 11.8 Å². The second kappa shape index (κ2) is 9.23. The molecule has 4 rings (SSSR count). The molecule has 0 fully saturated rings. The third kappa shape index (κ3) is 4.97. The predicted octanol–water partition coefficient (Wildman–Crippen LogP) is 2.54. The number of halogens is 1. The summed E-state index contributed by atoms with van der Waals surface area (Å²) >= 11 is 1.28. The fourth-order valence-electron chi connectivity index (χ4n) is 3.39. The van der Waals surface area contributed by atoms with Crippen LogP contribution >= 0.6 is 11.8 Å². The van der Waals surface area contributed by atoms with Gasteiger partial charge in [0.1, 0.15) is 17.4 Å². The fraction of sp³-hybridized carbons (Fsp3) is 0.182. The van der Waals surface area contributed by atoms with Gasteiger partial charge in [-0.15, -0.1) is 0 Å². The highest BCUT2D eigenvalue weighted by molar-refractivity contribution is 7.98. The van der Waals surface area contributed by atoms with E-state index in [1.807, 2.05) is 0 Å². The number of thioether (sulfide) groups is 1. The first-order chi connectivity index (χ1) is 15.4. The number of ether oxygens (including phenoxy) is 1. The number of benzene rings is 2. The van der Waals surface area contributed by atoms with Crippen molar-refractivity contribution in [3.8, 4) is 5.75 Å². The molecule has 2 aromatic carbocycles. The van der Waals surface area contributed by atoms with Gasteiger partial charge in [0.05, 0.1) is 5.56 Å². The van der Waals surface area contributed by atoms with Gasteiger partial charge in [-0.05, 0) is 35.4 Å². The van der Waals surface area contributed by atoms with E-state index in [2.05, 4.69) is 15.3 Å². The number of hydrogen-bond acceptors (Lipinski definition) is 6. The van der Waals surface area contributed by atoms with Crippen LogP contribution in [0, 0.1) is 5.82 Å². The average molecular weight is 454 g/mol. The van der Waals surface area contributed by atoms with E-state index in [9.17, 15) is 18.8 Å². The number of amides is 2. The summed E-state index contributed by atoms with van der Waals surface area (Å²) in [6.07, 6.45) is 0.0985. The molecule has 4 N–H and O–H groups in total. The Balaban J connectivity index is 1.56. The van der Waals surface area contributed by atoms with Crippen molar-refractivity contribution in [2.45, 2.75) is 23.2 Å². The van der Waals surface area contributed by atoms with Crippen LogP contribution in [0.15, 0.2) is 58.5 Å². The van der Waals surface area contributed by atoms with Crippen LogP contribution < -0.4 is 21.3 Å². The Morgan fingerprint density at radius 1 is 1.16 bits per heavy atom. The number of nitrogens with two attached hydrogens (primary N) is 1. The first-order valence-corrected chi connectivity index (χ1v) is 10.7. The number of primary amides is 1. The topological polar surface area (TPSA) is 127 Å². The Bertz CT molecular complexity index is 1210. The SMILES string of the molecule is NC(=O)COc1ccc(C2CC(=O)Nc3nc(SCc4ccc(F)cc4)[nH]c(=O)c32)cc1. The fourth-order valence-corrected chi connectivity index (χ4v) is 4.20. The standard InChI is InChI=1S/C22H19FN4O4S/c23-14-5-1-12(2-6-14)11-32-22-26-20-19(21(30)27-22)16(9-18(29)25-20)13-3-7-15(8-4-13)31-10-17(24)28/h1-8,16H,9-11H2,(H2,24,28)(H2,25,26,27,29,30). The van der Waals surface area contributed by atoms with Crippen molar-refractivity contribution >= 4 is 29.4 Å². The van der Waals surface area contributed by atoms with Crippen molar-refractivity contribution in [1.82, 2.24) is 9.97 Å². The minimum absolute atomic E-state index is 0.0985. The molecule has 0 radical (unpaired) electrons. The molecule has 0 bridgehead atoms. The minimum atomic E-state index is -0.585. The molecule has 0 saturated carbocycles. The maximum Gasteiger partial charge on any atom is 0.257 e. The first kappa shape index (κ1) is 21.6. The summed E-state index contributed by atoms with van der Waals surface area (Å²) in [6.45, 7) is -0.240. The zero-order chi connectivity index (χ0) is 22.7. The Kier molecular flexibility index (Phi) is 6.22. The summed E-state index contributed by atoms with van der Waals surface area (Å²) in [5.74, 6) is -0.469. The molecule has 0 saturated heterocycles. The maximum absolute atomic E-state index is 13.1. The molecule has 8 nitrogen and oxygen atoms in total. The number of nitrogens with zero attached hydrogens (tertiary/aromatic N) is 1. The highest BCUT2D eigenvalue weighted by atomic mass is 32.2. The quantitative estimate of drug-likeness (QED) is 0.372. The van der Waals surface area contributed by atoms with E-state index in [0.717, 1.165) is 11.1 Å². The molecule has 164 valence electrons.